The van der Waals surface area contributed by atoms with Crippen molar-refractivity contribution in [3.05, 3.63) is 65.4 Å². The van der Waals surface area contributed by atoms with Crippen LogP contribution in [0.3, 0.4) is 0 Å². The molecule has 7 heteroatoms. The second-order valence-electron chi connectivity index (χ2n) is 9.97. The molecule has 0 aromatic heterocycles. The molecule has 190 valence electrons. The zero-order valence-electron chi connectivity index (χ0n) is 20.9. The molecule has 2 aromatic carbocycles. The number of carbonyl (C=O) groups excluding carboxylic acids is 2. The Bertz CT molecular complexity index is 1090. The van der Waals surface area contributed by atoms with E-state index in [1.165, 1.54) is 45.2 Å². The van der Waals surface area contributed by atoms with Crippen molar-refractivity contribution in [1.29, 1.82) is 0 Å². The van der Waals surface area contributed by atoms with Crippen LogP contribution < -0.4 is 15.4 Å². The molecule has 0 bridgehead atoms. The Morgan fingerprint density at radius 2 is 1.81 bits per heavy atom. The first-order valence-corrected chi connectivity index (χ1v) is 13.3. The van der Waals surface area contributed by atoms with E-state index in [1.54, 1.807) is 24.3 Å². The van der Waals surface area contributed by atoms with Crippen molar-refractivity contribution in [3.8, 4) is 5.75 Å². The first kappa shape index (κ1) is 24.5. The Morgan fingerprint density at radius 3 is 2.58 bits per heavy atom. The Labute approximate surface area is 213 Å². The van der Waals surface area contributed by atoms with E-state index in [-0.39, 0.29) is 17.6 Å². The molecule has 2 N–H and O–H groups in total. The first-order valence-electron chi connectivity index (χ1n) is 13.3. The van der Waals surface area contributed by atoms with Crippen molar-refractivity contribution in [2.75, 3.05) is 44.6 Å². The van der Waals surface area contributed by atoms with Crippen LogP contribution >= 0.6 is 0 Å². The number of likely N-dealkylation sites (tertiary alicyclic amines) is 2. The van der Waals surface area contributed by atoms with Gasteiger partial charge in [-0.15, -0.1) is 0 Å². The molecule has 5 rings (SSSR count). The van der Waals surface area contributed by atoms with Crippen molar-refractivity contribution in [1.82, 2.24) is 15.1 Å². The lowest BCUT2D eigenvalue weighted by Crippen LogP contribution is -2.47. The van der Waals surface area contributed by atoms with Gasteiger partial charge in [-0.2, -0.15) is 0 Å². The summed E-state index contributed by atoms with van der Waals surface area (Å²) in [6.07, 6.45) is 9.26. The number of rotatable bonds is 7. The number of benzene rings is 2. The molecule has 3 aliphatic heterocycles. The van der Waals surface area contributed by atoms with Crippen LogP contribution in [0.15, 0.2) is 54.3 Å². The summed E-state index contributed by atoms with van der Waals surface area (Å²) in [4.78, 5) is 30.4. The second-order valence-corrected chi connectivity index (χ2v) is 9.97. The molecule has 3 aliphatic rings. The smallest absolute Gasteiger partial charge is 0.291 e. The van der Waals surface area contributed by atoms with Crippen LogP contribution in [-0.2, 0) is 4.79 Å². The lowest BCUT2D eigenvalue weighted by atomic mass is 10.00. The summed E-state index contributed by atoms with van der Waals surface area (Å²) in [7, 11) is 0. The van der Waals surface area contributed by atoms with Gasteiger partial charge in [-0.1, -0.05) is 36.8 Å². The van der Waals surface area contributed by atoms with Gasteiger partial charge in [-0.05, 0) is 94.7 Å². The first-order chi connectivity index (χ1) is 17.7. The standard InChI is InChI=1S/C29H36N4O3/c34-28(30-14-7-15-32-18-12-24(13-19-32)33-16-5-2-6-17-33)23-10-11-26-25(21-23)31-29(35)27(36-26)20-22-8-3-1-4-9-22/h1,3-4,8-11,20-21,24H,2,5-7,12-19H2,(H,30,34)(H,31,35)/b27-20+. The number of hydrogen-bond donors (Lipinski definition) is 2. The van der Waals surface area contributed by atoms with Gasteiger partial charge in [0.1, 0.15) is 0 Å². The fourth-order valence-corrected chi connectivity index (χ4v) is 5.40. The lowest BCUT2D eigenvalue weighted by Gasteiger charge is -2.40. The molecule has 3 heterocycles. The van der Waals surface area contributed by atoms with E-state index in [1.807, 2.05) is 30.3 Å². The van der Waals surface area contributed by atoms with Crippen LogP contribution in [0.25, 0.3) is 6.08 Å². The Morgan fingerprint density at radius 1 is 1.03 bits per heavy atom. The van der Waals surface area contributed by atoms with E-state index >= 15 is 0 Å². The van der Waals surface area contributed by atoms with Crippen LogP contribution in [0.1, 0.15) is 54.4 Å². The maximum Gasteiger partial charge on any atom is 0.291 e. The van der Waals surface area contributed by atoms with Crippen LogP contribution in [-0.4, -0.2) is 66.9 Å². The van der Waals surface area contributed by atoms with Crippen LogP contribution in [0.5, 0.6) is 5.75 Å². The minimum atomic E-state index is -0.326. The van der Waals surface area contributed by atoms with E-state index in [0.29, 0.717) is 23.5 Å². The molecule has 0 atom stereocenters. The number of hydrogen-bond acceptors (Lipinski definition) is 5. The maximum atomic E-state index is 12.7. The van der Waals surface area contributed by atoms with Gasteiger partial charge in [0, 0.05) is 18.2 Å². The molecule has 7 nitrogen and oxygen atoms in total. The third kappa shape index (κ3) is 6.15. The van der Waals surface area contributed by atoms with E-state index in [4.69, 9.17) is 4.74 Å². The minimum absolute atomic E-state index is 0.138. The molecule has 0 unspecified atom stereocenters. The molecular formula is C29H36N4O3. The molecule has 2 saturated heterocycles. The van der Waals surface area contributed by atoms with Gasteiger partial charge in [-0.3, -0.25) is 9.59 Å². The minimum Gasteiger partial charge on any atom is -0.449 e. The van der Waals surface area contributed by atoms with Gasteiger partial charge in [-0.25, -0.2) is 0 Å². The third-order valence-corrected chi connectivity index (χ3v) is 7.43. The average molecular weight is 489 g/mol. The van der Waals surface area contributed by atoms with E-state index in [2.05, 4.69) is 20.4 Å². The molecular weight excluding hydrogens is 452 g/mol. The summed E-state index contributed by atoms with van der Waals surface area (Å²) in [6, 6.07) is 15.5. The predicted molar refractivity (Wildman–Crippen MR) is 142 cm³/mol. The molecule has 0 radical (unpaired) electrons. The average Bonchev–Trinajstić information content (AvgIpc) is 2.92. The van der Waals surface area contributed by atoms with Crippen LogP contribution in [0, 0.1) is 0 Å². The van der Waals surface area contributed by atoms with E-state index < -0.39 is 0 Å². The number of nitrogens with zero attached hydrogens (tertiary/aromatic N) is 2. The number of anilines is 1. The summed E-state index contributed by atoms with van der Waals surface area (Å²) in [5, 5.41) is 5.86. The van der Waals surface area contributed by atoms with E-state index in [9.17, 15) is 9.59 Å². The van der Waals surface area contributed by atoms with Crippen LogP contribution in [0.4, 0.5) is 5.69 Å². The largest absolute Gasteiger partial charge is 0.449 e. The molecule has 0 aliphatic carbocycles. The highest BCUT2D eigenvalue weighted by atomic mass is 16.5. The number of piperidine rings is 2. The fraction of sp³-hybridized carbons (Fsp3) is 0.448. The fourth-order valence-electron chi connectivity index (χ4n) is 5.40. The number of ether oxygens (including phenoxy) is 1. The molecule has 2 aromatic rings. The number of amides is 2. The zero-order chi connectivity index (χ0) is 24.7. The highest BCUT2D eigenvalue weighted by Crippen LogP contribution is 2.32. The Balaban J connectivity index is 1.06. The van der Waals surface area contributed by atoms with Crippen molar-refractivity contribution in [2.24, 2.45) is 0 Å². The Kier molecular flexibility index (Phi) is 7.98. The topological polar surface area (TPSA) is 73.9 Å². The number of carbonyl (C=O) groups is 2. The molecule has 36 heavy (non-hydrogen) atoms. The second kappa shape index (κ2) is 11.7. The number of fused-ring (bicyclic) bond motifs is 1. The summed E-state index contributed by atoms with van der Waals surface area (Å²) in [6.45, 7) is 6.51. The predicted octanol–water partition coefficient (Wildman–Crippen LogP) is 4.13. The summed E-state index contributed by atoms with van der Waals surface area (Å²) < 4.78 is 5.80. The van der Waals surface area contributed by atoms with Gasteiger partial charge in [0.05, 0.1) is 5.69 Å². The SMILES string of the molecule is O=C1Nc2cc(C(=O)NCCCN3CCC(N4CCCCC4)CC3)ccc2O/C1=C/c1ccccc1. The van der Waals surface area contributed by atoms with Crippen molar-refractivity contribution in [3.63, 3.8) is 0 Å². The Hall–Kier alpha value is -3.16. The molecule has 0 saturated carbocycles. The quantitative estimate of drug-likeness (QED) is 0.453. The molecule has 2 fully saturated rings. The highest BCUT2D eigenvalue weighted by molar-refractivity contribution is 6.09. The maximum absolute atomic E-state index is 12.7. The van der Waals surface area contributed by atoms with Gasteiger partial charge in [0.15, 0.2) is 11.5 Å². The van der Waals surface area contributed by atoms with Gasteiger partial charge in [0.2, 0.25) is 0 Å². The van der Waals surface area contributed by atoms with Gasteiger partial charge in [0.25, 0.3) is 11.8 Å². The number of nitrogens with one attached hydrogen (secondary N) is 2. The summed E-state index contributed by atoms with van der Waals surface area (Å²) in [5.74, 6) is 0.293. The molecule has 2 amide bonds. The van der Waals surface area contributed by atoms with Gasteiger partial charge >= 0.3 is 0 Å². The van der Waals surface area contributed by atoms with E-state index in [0.717, 1.165) is 37.7 Å². The third-order valence-electron chi connectivity index (χ3n) is 7.43. The highest BCUT2D eigenvalue weighted by Gasteiger charge is 2.26. The van der Waals surface area contributed by atoms with Gasteiger partial charge < -0.3 is 25.2 Å². The van der Waals surface area contributed by atoms with Crippen molar-refractivity contribution < 1.29 is 14.3 Å². The van der Waals surface area contributed by atoms with Crippen molar-refractivity contribution >= 4 is 23.6 Å². The summed E-state index contributed by atoms with van der Waals surface area (Å²) >= 11 is 0. The van der Waals surface area contributed by atoms with Crippen molar-refractivity contribution in [2.45, 2.75) is 44.6 Å². The monoisotopic (exact) mass is 488 g/mol. The lowest BCUT2D eigenvalue weighted by molar-refractivity contribution is -0.115. The normalized spacial score (nSPS) is 20.4. The summed E-state index contributed by atoms with van der Waals surface area (Å²) in [5.41, 5.74) is 1.90. The molecule has 0 spiro atoms. The van der Waals surface area contributed by atoms with Crippen LogP contribution in [0.2, 0.25) is 0 Å². The zero-order valence-corrected chi connectivity index (χ0v) is 20.9.